The van der Waals surface area contributed by atoms with E-state index in [1.807, 2.05) is 0 Å². The first kappa shape index (κ1) is 13.8. The fourth-order valence-electron chi connectivity index (χ4n) is 2.07. The highest BCUT2D eigenvalue weighted by Crippen LogP contribution is 2.22. The van der Waals surface area contributed by atoms with E-state index in [2.05, 4.69) is 5.32 Å². The van der Waals surface area contributed by atoms with Crippen molar-refractivity contribution in [2.75, 3.05) is 6.54 Å². The topological polar surface area (TPSA) is 49.4 Å². The van der Waals surface area contributed by atoms with Gasteiger partial charge in [-0.3, -0.25) is 9.59 Å². The second kappa shape index (κ2) is 5.57. The summed E-state index contributed by atoms with van der Waals surface area (Å²) in [7, 11) is 0. The van der Waals surface area contributed by atoms with Crippen LogP contribution in [-0.2, 0) is 16.1 Å². The van der Waals surface area contributed by atoms with E-state index < -0.39 is 5.82 Å². The Labute approximate surface area is 115 Å². The van der Waals surface area contributed by atoms with Crippen LogP contribution in [0, 0.1) is 5.82 Å². The minimum absolute atomic E-state index is 0.0195. The number of benzene rings is 1. The normalized spacial score (nSPS) is 20.2. The predicted octanol–water partition coefficient (Wildman–Crippen LogP) is 1.72. The molecule has 2 rings (SSSR count). The van der Waals surface area contributed by atoms with E-state index in [1.54, 1.807) is 24.0 Å². The molecule has 1 aliphatic heterocycles. The van der Waals surface area contributed by atoms with E-state index in [4.69, 9.17) is 11.6 Å². The van der Waals surface area contributed by atoms with Crippen molar-refractivity contribution >= 4 is 23.4 Å². The second-order valence-electron chi connectivity index (χ2n) is 4.56. The number of nitrogens with zero attached hydrogens (tertiary/aromatic N) is 1. The summed E-state index contributed by atoms with van der Waals surface area (Å²) in [5.41, 5.74) is 0.538. The zero-order chi connectivity index (χ0) is 14.0. The van der Waals surface area contributed by atoms with Crippen LogP contribution in [0.5, 0.6) is 0 Å². The molecule has 1 aliphatic rings. The van der Waals surface area contributed by atoms with Gasteiger partial charge in [0.1, 0.15) is 5.82 Å². The molecular weight excluding hydrogens is 271 g/mol. The summed E-state index contributed by atoms with van der Waals surface area (Å²) in [5.74, 6) is -0.865. The van der Waals surface area contributed by atoms with Crippen LogP contribution in [0.15, 0.2) is 18.2 Å². The zero-order valence-electron chi connectivity index (χ0n) is 10.5. The molecule has 1 aromatic carbocycles. The van der Waals surface area contributed by atoms with Gasteiger partial charge in [-0.05, 0) is 18.6 Å². The molecule has 0 aliphatic carbocycles. The van der Waals surface area contributed by atoms with Crippen LogP contribution in [-0.4, -0.2) is 29.3 Å². The lowest BCUT2D eigenvalue weighted by Gasteiger charge is -2.26. The number of carbonyl (C=O) groups is 2. The maximum Gasteiger partial charge on any atom is 0.242 e. The summed E-state index contributed by atoms with van der Waals surface area (Å²) in [4.78, 5) is 24.9. The lowest BCUT2D eigenvalue weighted by atomic mass is 10.1. The maximum atomic E-state index is 13.4. The van der Waals surface area contributed by atoms with E-state index in [1.165, 1.54) is 6.07 Å². The highest BCUT2D eigenvalue weighted by Gasteiger charge is 2.27. The number of hydrogen-bond acceptors (Lipinski definition) is 2. The molecule has 0 spiro atoms. The average Bonchev–Trinajstić information content (AvgIpc) is 2.47. The number of halogens is 2. The number of nitrogens with one attached hydrogen (secondary N) is 1. The largest absolute Gasteiger partial charge is 0.347 e. The van der Waals surface area contributed by atoms with Gasteiger partial charge < -0.3 is 10.2 Å². The molecule has 0 bridgehead atoms. The first-order chi connectivity index (χ1) is 8.99. The van der Waals surface area contributed by atoms with Gasteiger partial charge in [0, 0.05) is 19.0 Å². The molecule has 1 heterocycles. The number of rotatable bonds is 2. The van der Waals surface area contributed by atoms with Crippen molar-refractivity contribution in [2.45, 2.75) is 25.9 Å². The summed E-state index contributed by atoms with van der Waals surface area (Å²) < 4.78 is 13.4. The third-order valence-corrected chi connectivity index (χ3v) is 3.57. The smallest absolute Gasteiger partial charge is 0.242 e. The summed E-state index contributed by atoms with van der Waals surface area (Å²) in [6, 6.07) is 4.25. The minimum Gasteiger partial charge on any atom is -0.347 e. The van der Waals surface area contributed by atoms with Crippen molar-refractivity contribution in [2.24, 2.45) is 0 Å². The van der Waals surface area contributed by atoms with Crippen LogP contribution in [0.25, 0.3) is 0 Å². The summed E-state index contributed by atoms with van der Waals surface area (Å²) >= 11 is 5.88. The van der Waals surface area contributed by atoms with Crippen molar-refractivity contribution in [1.29, 1.82) is 0 Å². The number of carbonyl (C=O) groups excluding carboxylic acids is 2. The highest BCUT2D eigenvalue weighted by atomic mass is 35.5. The van der Waals surface area contributed by atoms with Crippen molar-refractivity contribution in [1.82, 2.24) is 10.2 Å². The Balaban J connectivity index is 2.22. The van der Waals surface area contributed by atoms with Crippen molar-refractivity contribution in [3.05, 3.63) is 34.6 Å². The summed E-state index contributed by atoms with van der Waals surface area (Å²) in [6.07, 6.45) is 0.235. The first-order valence-corrected chi connectivity index (χ1v) is 6.36. The SMILES string of the molecule is CC1CC(=O)NCC(=O)N1Cc1cccc(F)c1Cl. The van der Waals surface area contributed by atoms with Gasteiger partial charge >= 0.3 is 0 Å². The number of amides is 2. The lowest BCUT2D eigenvalue weighted by Crippen LogP contribution is -2.39. The third-order valence-electron chi connectivity index (χ3n) is 3.14. The summed E-state index contributed by atoms with van der Waals surface area (Å²) in [5, 5.41) is 2.55. The molecule has 0 radical (unpaired) electrons. The summed E-state index contributed by atoms with van der Waals surface area (Å²) in [6.45, 7) is 1.96. The number of hydrogen-bond donors (Lipinski definition) is 1. The fraction of sp³-hybridized carbons (Fsp3) is 0.385. The van der Waals surface area contributed by atoms with Crippen LogP contribution in [0.1, 0.15) is 18.9 Å². The van der Waals surface area contributed by atoms with Gasteiger partial charge in [0.2, 0.25) is 11.8 Å². The van der Waals surface area contributed by atoms with Gasteiger partial charge in [0.15, 0.2) is 0 Å². The molecule has 4 nitrogen and oxygen atoms in total. The average molecular weight is 285 g/mol. The molecular formula is C13H14ClFN2O2. The highest BCUT2D eigenvalue weighted by molar-refractivity contribution is 6.31. The van der Waals surface area contributed by atoms with Gasteiger partial charge in [-0.1, -0.05) is 23.7 Å². The van der Waals surface area contributed by atoms with Crippen LogP contribution in [0.3, 0.4) is 0 Å². The quantitative estimate of drug-likeness (QED) is 0.899. The molecule has 0 aromatic heterocycles. The van der Waals surface area contributed by atoms with E-state index >= 15 is 0 Å². The van der Waals surface area contributed by atoms with Gasteiger partial charge in [-0.25, -0.2) is 4.39 Å². The van der Waals surface area contributed by atoms with Gasteiger partial charge in [-0.15, -0.1) is 0 Å². The Morgan fingerprint density at radius 2 is 2.21 bits per heavy atom. The van der Waals surface area contributed by atoms with E-state index in [0.29, 0.717) is 5.56 Å². The van der Waals surface area contributed by atoms with Crippen LogP contribution in [0.4, 0.5) is 4.39 Å². The molecule has 1 N–H and O–H groups in total. The van der Waals surface area contributed by atoms with Crippen LogP contribution >= 0.6 is 11.6 Å². The molecule has 1 unspecified atom stereocenters. The predicted molar refractivity (Wildman–Crippen MR) is 69.0 cm³/mol. The van der Waals surface area contributed by atoms with Crippen LogP contribution in [0.2, 0.25) is 5.02 Å². The minimum atomic E-state index is -0.511. The van der Waals surface area contributed by atoms with Crippen molar-refractivity contribution in [3.63, 3.8) is 0 Å². The molecule has 19 heavy (non-hydrogen) atoms. The second-order valence-corrected chi connectivity index (χ2v) is 4.94. The molecule has 1 aromatic rings. The fourth-order valence-corrected chi connectivity index (χ4v) is 2.26. The van der Waals surface area contributed by atoms with E-state index in [9.17, 15) is 14.0 Å². The van der Waals surface area contributed by atoms with Gasteiger partial charge in [-0.2, -0.15) is 0 Å². The standard InChI is InChI=1S/C13H14ClFN2O2/c1-8-5-11(18)16-6-12(19)17(8)7-9-3-2-4-10(15)13(9)14/h2-4,8H,5-7H2,1H3,(H,16,18). The Morgan fingerprint density at radius 1 is 1.47 bits per heavy atom. The lowest BCUT2D eigenvalue weighted by molar-refractivity contribution is -0.132. The third kappa shape index (κ3) is 3.04. The van der Waals surface area contributed by atoms with Gasteiger partial charge in [0.05, 0.1) is 11.6 Å². The molecule has 1 saturated heterocycles. The molecule has 102 valence electrons. The van der Waals surface area contributed by atoms with Gasteiger partial charge in [0.25, 0.3) is 0 Å². The maximum absolute atomic E-state index is 13.4. The molecule has 6 heteroatoms. The molecule has 0 saturated carbocycles. The van der Waals surface area contributed by atoms with E-state index in [0.717, 1.165) is 0 Å². The van der Waals surface area contributed by atoms with Crippen molar-refractivity contribution in [3.8, 4) is 0 Å². The Morgan fingerprint density at radius 3 is 2.95 bits per heavy atom. The molecule has 1 atom stereocenters. The molecule has 1 fully saturated rings. The zero-order valence-corrected chi connectivity index (χ0v) is 11.2. The van der Waals surface area contributed by atoms with Crippen molar-refractivity contribution < 1.29 is 14.0 Å². The van der Waals surface area contributed by atoms with E-state index in [-0.39, 0.29) is 42.4 Å². The Kier molecular flexibility index (Phi) is 4.04. The van der Waals surface area contributed by atoms with Crippen LogP contribution < -0.4 is 5.32 Å². The Hall–Kier alpha value is -1.62. The first-order valence-electron chi connectivity index (χ1n) is 5.98. The Bertz CT molecular complexity index is 521. The molecule has 2 amide bonds. The monoisotopic (exact) mass is 284 g/mol.